The van der Waals surface area contributed by atoms with Crippen molar-refractivity contribution in [2.45, 2.75) is 43.5 Å². The van der Waals surface area contributed by atoms with E-state index in [1.54, 1.807) is 0 Å². The molecule has 14 heavy (non-hydrogen) atoms. The molecule has 1 nitrogen and oxygen atoms in total. The molecule has 0 aromatic rings. The van der Waals surface area contributed by atoms with E-state index in [0.717, 1.165) is 25.8 Å². The van der Waals surface area contributed by atoms with Crippen molar-refractivity contribution < 1.29 is 12.9 Å². The van der Waals surface area contributed by atoms with Crippen LogP contribution in [0.2, 0.25) is 5.82 Å². The van der Waals surface area contributed by atoms with Crippen molar-refractivity contribution in [3.05, 3.63) is 0 Å². The van der Waals surface area contributed by atoms with Crippen LogP contribution in [0.15, 0.2) is 0 Å². The molecule has 0 bridgehead atoms. The molecule has 0 aromatic heterocycles. The summed E-state index contributed by atoms with van der Waals surface area (Å²) in [6.45, 7) is -3.53. The molecule has 0 N–H and O–H groups in total. The molecule has 82 valence electrons. The minimum atomic E-state index is -4.59. The summed E-state index contributed by atoms with van der Waals surface area (Å²) >= 11 is 0. The Hall–Kier alpha value is -0.185. The zero-order valence-electron chi connectivity index (χ0n) is 8.48. The molecule has 1 saturated heterocycles. The van der Waals surface area contributed by atoms with Crippen molar-refractivity contribution in [3.8, 4) is 0 Å². The van der Waals surface area contributed by atoms with E-state index in [1.165, 1.54) is 0 Å². The van der Waals surface area contributed by atoms with Crippen LogP contribution in [-0.2, 0) is 0 Å². The summed E-state index contributed by atoms with van der Waals surface area (Å²) in [6.07, 6.45) is 3.30. The molecule has 1 spiro atoms. The van der Waals surface area contributed by atoms with Gasteiger partial charge in [-0.2, -0.15) is 0 Å². The molecule has 0 aromatic carbocycles. The standard InChI is InChI=1S/C9H16BF3N/c1-14-7-6-9(14)4-2-8(3-5-9)10(11,12)13/h8H,2-7H2,1H3/q-1. The zero-order chi connectivity index (χ0) is 10.4. The lowest BCUT2D eigenvalue weighted by molar-refractivity contribution is -0.0213. The summed E-state index contributed by atoms with van der Waals surface area (Å²) in [5.74, 6) is -0.977. The number of hydrogen-bond donors (Lipinski definition) is 0. The van der Waals surface area contributed by atoms with Crippen molar-refractivity contribution in [2.75, 3.05) is 13.6 Å². The molecular weight excluding hydrogens is 190 g/mol. The minimum absolute atomic E-state index is 0.151. The fourth-order valence-corrected chi connectivity index (χ4v) is 2.84. The second-order valence-corrected chi connectivity index (χ2v) is 4.86. The third kappa shape index (κ3) is 1.55. The van der Waals surface area contributed by atoms with Crippen molar-refractivity contribution >= 4 is 6.98 Å². The summed E-state index contributed by atoms with van der Waals surface area (Å²) in [5.41, 5.74) is 0.151. The fraction of sp³-hybridized carbons (Fsp3) is 1.00. The maximum atomic E-state index is 12.5. The Morgan fingerprint density at radius 3 is 2.00 bits per heavy atom. The van der Waals surface area contributed by atoms with Crippen LogP contribution in [0, 0.1) is 0 Å². The number of nitrogens with zero attached hydrogens (tertiary/aromatic N) is 1. The number of likely N-dealkylation sites (tertiary alicyclic amines) is 1. The van der Waals surface area contributed by atoms with Crippen LogP contribution in [-0.4, -0.2) is 31.0 Å². The molecule has 1 saturated carbocycles. The Bertz CT molecular complexity index is 221. The molecule has 2 fully saturated rings. The first-order valence-electron chi connectivity index (χ1n) is 5.35. The summed E-state index contributed by atoms with van der Waals surface area (Å²) in [6, 6.07) is 0. The minimum Gasteiger partial charge on any atom is -0.449 e. The summed E-state index contributed by atoms with van der Waals surface area (Å²) in [4.78, 5) is 2.23. The Balaban J connectivity index is 1.92. The van der Waals surface area contributed by atoms with Gasteiger partial charge in [0.1, 0.15) is 0 Å². The normalized spacial score (nSPS) is 39.9. The lowest BCUT2D eigenvalue weighted by Crippen LogP contribution is -2.59. The van der Waals surface area contributed by atoms with Crippen LogP contribution >= 0.6 is 0 Å². The molecule has 0 atom stereocenters. The van der Waals surface area contributed by atoms with Gasteiger partial charge in [-0.25, -0.2) is 0 Å². The van der Waals surface area contributed by atoms with Gasteiger partial charge in [-0.3, -0.25) is 0 Å². The molecule has 5 heteroatoms. The van der Waals surface area contributed by atoms with Crippen molar-refractivity contribution in [1.29, 1.82) is 0 Å². The molecule has 1 aliphatic carbocycles. The molecule has 0 unspecified atom stereocenters. The van der Waals surface area contributed by atoms with Gasteiger partial charge in [0, 0.05) is 12.1 Å². The first-order chi connectivity index (χ1) is 6.44. The van der Waals surface area contributed by atoms with Crippen LogP contribution in [0.1, 0.15) is 32.1 Å². The first kappa shape index (κ1) is 10.3. The van der Waals surface area contributed by atoms with E-state index in [0.29, 0.717) is 12.8 Å². The lowest BCUT2D eigenvalue weighted by Gasteiger charge is -2.55. The first-order valence-corrected chi connectivity index (χ1v) is 5.35. The average molecular weight is 206 g/mol. The quantitative estimate of drug-likeness (QED) is 0.596. The average Bonchev–Trinajstić information content (AvgIpc) is 2.14. The molecular formula is C9H16BF3N-. The Morgan fingerprint density at radius 1 is 1.14 bits per heavy atom. The van der Waals surface area contributed by atoms with E-state index in [-0.39, 0.29) is 5.54 Å². The Kier molecular flexibility index (Phi) is 2.33. The Labute approximate surface area is 82.7 Å². The van der Waals surface area contributed by atoms with Gasteiger partial charge in [0.15, 0.2) is 0 Å². The molecule has 2 rings (SSSR count). The smallest absolute Gasteiger partial charge is 0.449 e. The van der Waals surface area contributed by atoms with E-state index >= 15 is 0 Å². The number of halogens is 3. The SMILES string of the molecule is CN1CCC12CCC([B-](F)(F)F)CC2. The number of rotatable bonds is 1. The largest absolute Gasteiger partial charge is 0.481 e. The molecule has 0 radical (unpaired) electrons. The van der Waals surface area contributed by atoms with Gasteiger partial charge in [0.05, 0.1) is 0 Å². The third-order valence-electron chi connectivity index (χ3n) is 4.22. The predicted octanol–water partition coefficient (Wildman–Crippen LogP) is 2.85. The summed E-state index contributed by atoms with van der Waals surface area (Å²) < 4.78 is 37.4. The Morgan fingerprint density at radius 2 is 1.71 bits per heavy atom. The second kappa shape index (κ2) is 3.15. The van der Waals surface area contributed by atoms with Crippen LogP contribution in [0.3, 0.4) is 0 Å². The van der Waals surface area contributed by atoms with E-state index < -0.39 is 12.8 Å². The summed E-state index contributed by atoms with van der Waals surface area (Å²) in [7, 11) is 2.03. The highest BCUT2D eigenvalue weighted by Crippen LogP contribution is 2.49. The summed E-state index contributed by atoms with van der Waals surface area (Å²) in [5, 5.41) is 0. The highest BCUT2D eigenvalue weighted by Gasteiger charge is 2.47. The van der Waals surface area contributed by atoms with Crippen LogP contribution < -0.4 is 0 Å². The van der Waals surface area contributed by atoms with Gasteiger partial charge < -0.3 is 17.8 Å². The monoisotopic (exact) mass is 206 g/mol. The predicted molar refractivity (Wildman–Crippen MR) is 51.3 cm³/mol. The van der Waals surface area contributed by atoms with E-state index in [9.17, 15) is 12.9 Å². The van der Waals surface area contributed by atoms with Gasteiger partial charge in [-0.1, -0.05) is 18.7 Å². The zero-order valence-corrected chi connectivity index (χ0v) is 8.48. The second-order valence-electron chi connectivity index (χ2n) is 4.86. The fourth-order valence-electron chi connectivity index (χ4n) is 2.84. The molecule has 1 aliphatic heterocycles. The van der Waals surface area contributed by atoms with Gasteiger partial charge in [0.25, 0.3) is 0 Å². The highest BCUT2D eigenvalue weighted by atomic mass is 19.4. The van der Waals surface area contributed by atoms with Crippen molar-refractivity contribution in [1.82, 2.24) is 4.90 Å². The molecule has 0 amide bonds. The van der Waals surface area contributed by atoms with Crippen LogP contribution in [0.5, 0.6) is 0 Å². The van der Waals surface area contributed by atoms with E-state index in [1.807, 2.05) is 7.05 Å². The lowest BCUT2D eigenvalue weighted by atomic mass is 9.59. The molecule has 1 heterocycles. The third-order valence-corrected chi connectivity index (χ3v) is 4.22. The van der Waals surface area contributed by atoms with Crippen molar-refractivity contribution in [3.63, 3.8) is 0 Å². The highest BCUT2D eigenvalue weighted by molar-refractivity contribution is 6.60. The number of hydrogen-bond acceptors (Lipinski definition) is 1. The molecule has 2 aliphatic rings. The van der Waals surface area contributed by atoms with Gasteiger partial charge in [-0.15, -0.1) is 0 Å². The maximum absolute atomic E-state index is 12.5. The van der Waals surface area contributed by atoms with Crippen molar-refractivity contribution in [2.24, 2.45) is 0 Å². The topological polar surface area (TPSA) is 3.24 Å². The van der Waals surface area contributed by atoms with Crippen LogP contribution in [0.25, 0.3) is 0 Å². The van der Waals surface area contributed by atoms with Gasteiger partial charge >= 0.3 is 6.98 Å². The van der Waals surface area contributed by atoms with Crippen LogP contribution in [0.4, 0.5) is 12.9 Å². The van der Waals surface area contributed by atoms with Gasteiger partial charge in [0.2, 0.25) is 0 Å². The van der Waals surface area contributed by atoms with E-state index in [4.69, 9.17) is 0 Å². The van der Waals surface area contributed by atoms with Gasteiger partial charge in [-0.05, 0) is 26.3 Å². The maximum Gasteiger partial charge on any atom is 0.481 e. The van der Waals surface area contributed by atoms with E-state index in [2.05, 4.69) is 4.90 Å².